The van der Waals surface area contributed by atoms with E-state index >= 15 is 0 Å². The van der Waals surface area contributed by atoms with Crippen molar-refractivity contribution in [1.29, 1.82) is 0 Å². The van der Waals surface area contributed by atoms with Crippen LogP contribution in [0.1, 0.15) is 19.3 Å². The van der Waals surface area contributed by atoms with Gasteiger partial charge in [-0.15, -0.1) is 0 Å². The van der Waals surface area contributed by atoms with Gasteiger partial charge in [0.1, 0.15) is 0 Å². The summed E-state index contributed by atoms with van der Waals surface area (Å²) in [7, 11) is -3.14. The number of halogens is 1. The normalized spacial score (nSPS) is 19.1. The van der Waals surface area contributed by atoms with Crippen LogP contribution in [0, 0.1) is 0 Å². The number of sulfonamides is 1. The Morgan fingerprint density at radius 2 is 2.00 bits per heavy atom. The Balaban J connectivity index is 2.43. The van der Waals surface area contributed by atoms with E-state index in [0.29, 0.717) is 32.4 Å². The fourth-order valence-electron chi connectivity index (χ4n) is 1.82. The SMILES string of the molecule is O=C(O)NC1CCN(S(=O)(=O)CCCI)CC1. The highest BCUT2D eigenvalue weighted by atomic mass is 127. The standard InChI is InChI=1S/C9H17IN2O4S/c10-4-1-7-17(15,16)12-5-2-8(3-6-12)11-9(13)14/h8,11H,1-7H2,(H,13,14). The zero-order chi connectivity index (χ0) is 12.9. The summed E-state index contributed by atoms with van der Waals surface area (Å²) in [5.41, 5.74) is 0. The maximum Gasteiger partial charge on any atom is 0.404 e. The zero-order valence-corrected chi connectivity index (χ0v) is 12.4. The number of amides is 1. The molecule has 1 rings (SSSR count). The fourth-order valence-corrected chi connectivity index (χ4v) is 4.25. The van der Waals surface area contributed by atoms with Crippen molar-refractivity contribution in [3.05, 3.63) is 0 Å². The van der Waals surface area contributed by atoms with E-state index in [1.807, 2.05) is 0 Å². The Morgan fingerprint density at radius 3 is 2.47 bits per heavy atom. The lowest BCUT2D eigenvalue weighted by atomic mass is 10.1. The van der Waals surface area contributed by atoms with Gasteiger partial charge >= 0.3 is 6.09 Å². The first-order chi connectivity index (χ1) is 7.95. The lowest BCUT2D eigenvalue weighted by molar-refractivity contribution is 0.183. The Morgan fingerprint density at radius 1 is 1.41 bits per heavy atom. The number of rotatable bonds is 5. The average molecular weight is 376 g/mol. The fraction of sp³-hybridized carbons (Fsp3) is 0.889. The highest BCUT2D eigenvalue weighted by Gasteiger charge is 2.27. The van der Waals surface area contributed by atoms with Crippen LogP contribution in [-0.4, -0.2) is 53.2 Å². The van der Waals surface area contributed by atoms with Crippen LogP contribution in [-0.2, 0) is 10.0 Å². The van der Waals surface area contributed by atoms with Crippen LogP contribution in [0.25, 0.3) is 0 Å². The molecule has 1 saturated heterocycles. The Labute approximate surface area is 115 Å². The Kier molecular flexibility index (Phi) is 5.93. The minimum atomic E-state index is -3.14. The molecule has 1 fully saturated rings. The van der Waals surface area contributed by atoms with E-state index in [1.165, 1.54) is 4.31 Å². The molecule has 0 saturated carbocycles. The van der Waals surface area contributed by atoms with Crippen molar-refractivity contribution in [1.82, 2.24) is 9.62 Å². The van der Waals surface area contributed by atoms with Gasteiger partial charge in [-0.2, -0.15) is 0 Å². The summed E-state index contributed by atoms with van der Waals surface area (Å²) in [5.74, 6) is 0.187. The molecule has 0 radical (unpaired) electrons. The van der Waals surface area contributed by atoms with Crippen molar-refractivity contribution in [2.24, 2.45) is 0 Å². The maximum absolute atomic E-state index is 11.9. The molecular weight excluding hydrogens is 359 g/mol. The monoisotopic (exact) mass is 376 g/mol. The molecule has 1 aliphatic rings. The van der Waals surface area contributed by atoms with E-state index in [2.05, 4.69) is 27.9 Å². The van der Waals surface area contributed by atoms with Crippen LogP contribution in [0.5, 0.6) is 0 Å². The summed E-state index contributed by atoms with van der Waals surface area (Å²) >= 11 is 2.16. The van der Waals surface area contributed by atoms with Gasteiger partial charge in [0.05, 0.1) is 5.75 Å². The van der Waals surface area contributed by atoms with Gasteiger partial charge in [0.15, 0.2) is 0 Å². The minimum absolute atomic E-state index is 0.122. The highest BCUT2D eigenvalue weighted by molar-refractivity contribution is 14.1. The maximum atomic E-state index is 11.9. The molecule has 0 aliphatic carbocycles. The van der Waals surface area contributed by atoms with Gasteiger partial charge < -0.3 is 10.4 Å². The molecule has 0 aromatic carbocycles. The van der Waals surface area contributed by atoms with Crippen molar-refractivity contribution >= 4 is 38.7 Å². The van der Waals surface area contributed by atoms with Crippen LogP contribution in [0.4, 0.5) is 4.79 Å². The van der Waals surface area contributed by atoms with E-state index in [0.717, 1.165) is 4.43 Å². The zero-order valence-electron chi connectivity index (χ0n) is 9.43. The van der Waals surface area contributed by atoms with Crippen LogP contribution >= 0.6 is 22.6 Å². The second-order valence-corrected chi connectivity index (χ2v) is 7.15. The van der Waals surface area contributed by atoms with Gasteiger partial charge in [-0.25, -0.2) is 17.5 Å². The number of hydrogen-bond donors (Lipinski definition) is 2. The molecule has 1 aliphatic heterocycles. The van der Waals surface area contributed by atoms with Gasteiger partial charge in [-0.05, 0) is 19.3 Å². The van der Waals surface area contributed by atoms with E-state index in [1.54, 1.807) is 0 Å². The number of carboxylic acid groups (broad SMARTS) is 1. The highest BCUT2D eigenvalue weighted by Crippen LogP contribution is 2.15. The van der Waals surface area contributed by atoms with Crippen molar-refractivity contribution < 1.29 is 18.3 Å². The quantitative estimate of drug-likeness (QED) is 0.551. The summed E-state index contributed by atoms with van der Waals surface area (Å²) in [6.45, 7) is 0.822. The molecule has 8 heteroatoms. The van der Waals surface area contributed by atoms with Crippen LogP contribution in [0.2, 0.25) is 0 Å². The predicted octanol–water partition coefficient (Wildman–Crippen LogP) is 0.873. The summed E-state index contributed by atoms with van der Waals surface area (Å²) in [4.78, 5) is 10.4. The number of nitrogens with zero attached hydrogens (tertiary/aromatic N) is 1. The van der Waals surface area contributed by atoms with Gasteiger partial charge in [-0.1, -0.05) is 22.6 Å². The Bertz CT molecular complexity index is 352. The molecule has 0 aromatic rings. The molecule has 6 nitrogen and oxygen atoms in total. The van der Waals surface area contributed by atoms with E-state index in [4.69, 9.17) is 5.11 Å². The molecule has 0 atom stereocenters. The van der Waals surface area contributed by atoms with Crippen molar-refractivity contribution in [3.8, 4) is 0 Å². The van der Waals surface area contributed by atoms with Crippen LogP contribution < -0.4 is 5.32 Å². The molecule has 0 spiro atoms. The number of piperidine rings is 1. The lowest BCUT2D eigenvalue weighted by Crippen LogP contribution is -2.46. The topological polar surface area (TPSA) is 86.7 Å². The van der Waals surface area contributed by atoms with Gasteiger partial charge in [0.2, 0.25) is 10.0 Å². The van der Waals surface area contributed by atoms with Crippen LogP contribution in [0.15, 0.2) is 0 Å². The Hall–Kier alpha value is -0.0900. The summed E-state index contributed by atoms with van der Waals surface area (Å²) < 4.78 is 26.0. The average Bonchev–Trinajstić information content (AvgIpc) is 2.26. The smallest absolute Gasteiger partial charge is 0.404 e. The van der Waals surface area contributed by atoms with E-state index in [9.17, 15) is 13.2 Å². The first kappa shape index (κ1) is 15.0. The molecule has 0 unspecified atom stereocenters. The molecule has 17 heavy (non-hydrogen) atoms. The molecule has 1 amide bonds. The van der Waals surface area contributed by atoms with Crippen molar-refractivity contribution in [2.45, 2.75) is 25.3 Å². The van der Waals surface area contributed by atoms with Gasteiger partial charge in [-0.3, -0.25) is 0 Å². The summed E-state index contributed by atoms with van der Waals surface area (Å²) in [6, 6.07) is -0.122. The largest absolute Gasteiger partial charge is 0.465 e. The first-order valence-electron chi connectivity index (χ1n) is 5.49. The second kappa shape index (κ2) is 6.74. The minimum Gasteiger partial charge on any atom is -0.465 e. The number of nitrogens with one attached hydrogen (secondary N) is 1. The third-order valence-corrected chi connectivity index (χ3v) is 5.43. The van der Waals surface area contributed by atoms with E-state index in [-0.39, 0.29) is 11.8 Å². The van der Waals surface area contributed by atoms with Gasteiger partial charge in [0.25, 0.3) is 0 Å². The molecule has 2 N–H and O–H groups in total. The van der Waals surface area contributed by atoms with Crippen LogP contribution in [0.3, 0.4) is 0 Å². The third kappa shape index (κ3) is 4.96. The van der Waals surface area contributed by atoms with Crippen molar-refractivity contribution in [3.63, 3.8) is 0 Å². The first-order valence-corrected chi connectivity index (χ1v) is 8.62. The second-order valence-electron chi connectivity index (χ2n) is 3.98. The van der Waals surface area contributed by atoms with Gasteiger partial charge in [0, 0.05) is 23.6 Å². The molecule has 100 valence electrons. The number of alkyl halides is 1. The molecular formula is C9H17IN2O4S. The molecule has 0 bridgehead atoms. The summed E-state index contributed by atoms with van der Waals surface area (Å²) in [6.07, 6.45) is 0.720. The number of hydrogen-bond acceptors (Lipinski definition) is 3. The third-order valence-electron chi connectivity index (χ3n) is 2.71. The predicted molar refractivity (Wildman–Crippen MR) is 73.0 cm³/mol. The summed E-state index contributed by atoms with van der Waals surface area (Å²) in [5, 5.41) is 11.0. The van der Waals surface area contributed by atoms with Crippen molar-refractivity contribution in [2.75, 3.05) is 23.3 Å². The molecule has 0 aromatic heterocycles. The lowest BCUT2D eigenvalue weighted by Gasteiger charge is -2.30. The number of carbonyl (C=O) groups is 1. The van der Waals surface area contributed by atoms with E-state index < -0.39 is 16.1 Å². The molecule has 1 heterocycles.